The maximum Gasteiger partial charge on any atom is 0.331 e. The van der Waals surface area contributed by atoms with E-state index in [0.29, 0.717) is 6.67 Å². The summed E-state index contributed by atoms with van der Waals surface area (Å²) in [5.74, 6) is -1.01. The van der Waals surface area contributed by atoms with Crippen molar-refractivity contribution in [2.45, 2.75) is 19.3 Å². The Balaban J connectivity index is 2.01. The third-order valence-electron chi connectivity index (χ3n) is 3.27. The molecule has 0 aromatic carbocycles. The molecule has 0 spiro atoms. The Morgan fingerprint density at radius 1 is 1.37 bits per heavy atom. The number of esters is 1. The first kappa shape index (κ1) is 14.1. The molecule has 0 radical (unpaired) electrons. The number of imide groups is 1. The largest absolute Gasteiger partial charge is 0.466 e. The first-order valence-corrected chi connectivity index (χ1v) is 7.10. The number of piperidine rings is 1. The van der Waals surface area contributed by atoms with Gasteiger partial charge in [0.15, 0.2) is 6.67 Å². The van der Waals surface area contributed by atoms with Crippen LogP contribution in [0.5, 0.6) is 0 Å². The van der Waals surface area contributed by atoms with Gasteiger partial charge in [0.2, 0.25) is 0 Å². The van der Waals surface area contributed by atoms with Crippen molar-refractivity contribution in [3.8, 4) is 0 Å². The lowest BCUT2D eigenvalue weighted by atomic mass is 10.1. The molecule has 0 unspecified atom stereocenters. The highest BCUT2D eigenvalue weighted by Gasteiger charge is 2.38. The van der Waals surface area contributed by atoms with Crippen molar-refractivity contribution in [3.05, 3.63) is 11.0 Å². The molecule has 7 heteroatoms. The van der Waals surface area contributed by atoms with Crippen molar-refractivity contribution >= 4 is 28.9 Å². The van der Waals surface area contributed by atoms with Crippen molar-refractivity contribution in [2.24, 2.45) is 0 Å². The van der Waals surface area contributed by atoms with Gasteiger partial charge in [-0.25, -0.2) is 9.69 Å². The Hall–Kier alpha value is -1.34. The predicted octanol–water partition coefficient (Wildman–Crippen LogP) is -0.235. The van der Waals surface area contributed by atoms with Crippen molar-refractivity contribution in [1.29, 1.82) is 0 Å². The molecule has 0 bridgehead atoms. The molecule has 0 aromatic rings. The van der Waals surface area contributed by atoms with E-state index >= 15 is 0 Å². The highest BCUT2D eigenvalue weighted by Crippen LogP contribution is 2.29. The highest BCUT2D eigenvalue weighted by atomic mass is 32.2. The van der Waals surface area contributed by atoms with Crippen molar-refractivity contribution in [2.75, 3.05) is 26.9 Å². The van der Waals surface area contributed by atoms with Crippen LogP contribution in [0.2, 0.25) is 0 Å². The summed E-state index contributed by atoms with van der Waals surface area (Å²) in [6, 6.07) is 0. The van der Waals surface area contributed by atoms with E-state index in [1.54, 1.807) is 0 Å². The minimum atomic E-state index is -0.615. The van der Waals surface area contributed by atoms with Gasteiger partial charge in [-0.1, -0.05) is 0 Å². The number of methoxy groups -OCH3 is 1. The summed E-state index contributed by atoms with van der Waals surface area (Å²) in [6.07, 6.45) is 4.55. The first-order chi connectivity index (χ1) is 9.11. The minimum absolute atomic E-state index is 0.147. The summed E-state index contributed by atoms with van der Waals surface area (Å²) >= 11 is 0.798. The van der Waals surface area contributed by atoms with E-state index in [9.17, 15) is 14.4 Å². The van der Waals surface area contributed by atoms with Crippen LogP contribution in [0.25, 0.3) is 0 Å². The summed E-state index contributed by atoms with van der Waals surface area (Å²) in [4.78, 5) is 37.6. The molecule has 2 rings (SSSR count). The van der Waals surface area contributed by atoms with Crippen LogP contribution >= 0.6 is 11.8 Å². The number of ether oxygens (including phenoxy) is 1. The Labute approximate surface area is 115 Å². The van der Waals surface area contributed by atoms with Crippen molar-refractivity contribution in [3.63, 3.8) is 0 Å². The molecule has 0 aliphatic carbocycles. The molecule has 0 atom stereocenters. The van der Waals surface area contributed by atoms with Gasteiger partial charge in [-0.3, -0.25) is 9.59 Å². The van der Waals surface area contributed by atoms with Crippen LogP contribution in [0.3, 0.4) is 0 Å². The number of likely N-dealkylation sites (tertiary alicyclic amines) is 1. The molecule has 2 fully saturated rings. The number of amides is 2. The number of carbonyl (C=O) groups excluding carboxylic acids is 3. The Bertz CT molecular complexity index is 429. The molecule has 19 heavy (non-hydrogen) atoms. The molecular formula is C12H17N2O4S+. The molecule has 104 valence electrons. The van der Waals surface area contributed by atoms with Gasteiger partial charge in [0.05, 0.1) is 25.1 Å². The standard InChI is InChI=1S/C12H16N2O4S/c1-18-10(15)7-9-11(16)14(12(17)19-9)8-13-5-3-2-4-6-13/h7H,2-6,8H2,1H3/p+1/b9-7+. The summed E-state index contributed by atoms with van der Waals surface area (Å²) in [5, 5.41) is -0.307. The monoisotopic (exact) mass is 285 g/mol. The number of nitrogens with zero attached hydrogens (tertiary/aromatic N) is 1. The van der Waals surface area contributed by atoms with E-state index in [-0.39, 0.29) is 10.1 Å². The van der Waals surface area contributed by atoms with Crippen LogP contribution in [0.4, 0.5) is 4.79 Å². The average molecular weight is 285 g/mol. The number of carbonyl (C=O) groups is 3. The van der Waals surface area contributed by atoms with E-state index in [4.69, 9.17) is 0 Å². The van der Waals surface area contributed by atoms with Crippen molar-refractivity contribution < 1.29 is 24.0 Å². The quantitative estimate of drug-likeness (QED) is 0.573. The second kappa shape index (κ2) is 6.21. The van der Waals surface area contributed by atoms with E-state index in [1.807, 2.05) is 0 Å². The zero-order chi connectivity index (χ0) is 13.8. The lowest BCUT2D eigenvalue weighted by Gasteiger charge is -2.26. The first-order valence-electron chi connectivity index (χ1n) is 6.28. The number of thioether (sulfide) groups is 1. The highest BCUT2D eigenvalue weighted by molar-refractivity contribution is 8.18. The fourth-order valence-electron chi connectivity index (χ4n) is 2.24. The maximum absolute atomic E-state index is 12.0. The van der Waals surface area contributed by atoms with E-state index in [2.05, 4.69) is 4.74 Å². The lowest BCUT2D eigenvalue weighted by molar-refractivity contribution is -0.912. The van der Waals surface area contributed by atoms with Gasteiger partial charge in [0, 0.05) is 6.08 Å². The SMILES string of the molecule is COC(=O)/C=C1/SC(=O)N(C[NH+]2CCCCC2)C1=O. The zero-order valence-electron chi connectivity index (χ0n) is 10.8. The van der Waals surface area contributed by atoms with Crippen molar-refractivity contribution in [1.82, 2.24) is 4.90 Å². The molecule has 6 nitrogen and oxygen atoms in total. The number of quaternary nitrogens is 1. The second-order valence-electron chi connectivity index (χ2n) is 4.60. The van der Waals surface area contributed by atoms with Gasteiger partial charge in [0.25, 0.3) is 11.1 Å². The maximum atomic E-state index is 12.0. The summed E-state index contributed by atoms with van der Waals surface area (Å²) < 4.78 is 4.47. The van der Waals surface area contributed by atoms with Crippen LogP contribution in [0.1, 0.15) is 19.3 Å². The fraction of sp³-hybridized carbons (Fsp3) is 0.583. The third-order valence-corrected chi connectivity index (χ3v) is 4.17. The smallest absolute Gasteiger partial charge is 0.331 e. The molecule has 2 aliphatic rings. The van der Waals surface area contributed by atoms with Crippen LogP contribution in [-0.2, 0) is 14.3 Å². The fourth-order valence-corrected chi connectivity index (χ4v) is 3.03. The average Bonchev–Trinajstić information content (AvgIpc) is 2.67. The van der Waals surface area contributed by atoms with Gasteiger partial charge in [0.1, 0.15) is 0 Å². The number of hydrogen-bond acceptors (Lipinski definition) is 5. The molecule has 2 aliphatic heterocycles. The van der Waals surface area contributed by atoms with E-state index in [1.165, 1.54) is 23.3 Å². The minimum Gasteiger partial charge on any atom is -0.466 e. The van der Waals surface area contributed by atoms with Crippen LogP contribution < -0.4 is 4.90 Å². The summed E-state index contributed by atoms with van der Waals surface area (Å²) in [7, 11) is 1.24. The normalized spacial score (nSPS) is 23.2. The van der Waals surface area contributed by atoms with Gasteiger partial charge in [-0.15, -0.1) is 0 Å². The Morgan fingerprint density at radius 3 is 2.68 bits per heavy atom. The van der Waals surface area contributed by atoms with Crippen LogP contribution in [0, 0.1) is 0 Å². The van der Waals surface area contributed by atoms with Crippen LogP contribution in [0.15, 0.2) is 11.0 Å². The zero-order valence-corrected chi connectivity index (χ0v) is 11.6. The topological polar surface area (TPSA) is 68.1 Å². The number of nitrogens with one attached hydrogen (secondary N) is 1. The third kappa shape index (κ3) is 3.36. The Morgan fingerprint density at radius 2 is 2.05 bits per heavy atom. The molecule has 1 N–H and O–H groups in total. The molecule has 0 saturated carbocycles. The molecule has 2 amide bonds. The van der Waals surface area contributed by atoms with Gasteiger partial charge in [-0.05, 0) is 31.0 Å². The van der Waals surface area contributed by atoms with E-state index < -0.39 is 11.9 Å². The van der Waals surface area contributed by atoms with E-state index in [0.717, 1.165) is 43.8 Å². The van der Waals surface area contributed by atoms with Gasteiger partial charge in [-0.2, -0.15) is 0 Å². The number of hydrogen-bond donors (Lipinski definition) is 1. The van der Waals surface area contributed by atoms with Gasteiger partial charge < -0.3 is 9.64 Å². The predicted molar refractivity (Wildman–Crippen MR) is 69.3 cm³/mol. The summed E-state index contributed by atoms with van der Waals surface area (Å²) in [6.45, 7) is 2.36. The second-order valence-corrected chi connectivity index (χ2v) is 5.59. The molecule has 2 heterocycles. The number of rotatable bonds is 3. The lowest BCUT2D eigenvalue weighted by Crippen LogP contribution is -3.14. The molecular weight excluding hydrogens is 268 g/mol. The van der Waals surface area contributed by atoms with Crippen LogP contribution in [-0.4, -0.2) is 48.9 Å². The molecule has 0 aromatic heterocycles. The molecule has 2 saturated heterocycles. The Kier molecular flexibility index (Phi) is 4.60. The summed E-state index contributed by atoms with van der Waals surface area (Å²) in [5.41, 5.74) is 0. The van der Waals surface area contributed by atoms with Gasteiger partial charge >= 0.3 is 5.97 Å².